The quantitative estimate of drug-likeness (QED) is 0.802. The minimum Gasteiger partial charge on any atom is -0.466 e. The highest BCUT2D eigenvalue weighted by atomic mass is 16.5. The van der Waals surface area contributed by atoms with Gasteiger partial charge < -0.3 is 4.74 Å². The van der Waals surface area contributed by atoms with Gasteiger partial charge in [-0.2, -0.15) is 0 Å². The monoisotopic (exact) mass is 269 g/mol. The summed E-state index contributed by atoms with van der Waals surface area (Å²) in [5.41, 5.74) is 2.46. The van der Waals surface area contributed by atoms with E-state index in [0.717, 1.165) is 16.6 Å². The predicted molar refractivity (Wildman–Crippen MR) is 76.4 cm³/mol. The highest BCUT2D eigenvalue weighted by molar-refractivity contribution is 6.10. The zero-order chi connectivity index (χ0) is 14.1. The topological polar surface area (TPSA) is 48.3 Å². The van der Waals surface area contributed by atoms with E-state index in [2.05, 4.69) is 0 Å². The van der Waals surface area contributed by atoms with Gasteiger partial charge in [-0.25, -0.2) is 0 Å². The maximum Gasteiger partial charge on any atom is 0.306 e. The van der Waals surface area contributed by atoms with Crippen molar-refractivity contribution in [1.29, 1.82) is 0 Å². The zero-order valence-corrected chi connectivity index (χ0v) is 11.3. The molecule has 4 heteroatoms. The molecule has 2 heterocycles. The molecule has 0 atom stereocenters. The highest BCUT2D eigenvalue weighted by Gasteiger charge is 2.24. The van der Waals surface area contributed by atoms with E-state index in [1.165, 1.54) is 0 Å². The molecule has 0 aliphatic carbocycles. The Labute approximate surface area is 116 Å². The molecule has 0 radical (unpaired) electrons. The molecule has 20 heavy (non-hydrogen) atoms. The number of carbonyl (C=O) groups excluding carboxylic acids is 2. The number of allylic oxidation sites excluding steroid dienone is 1. The number of benzene rings is 1. The van der Waals surface area contributed by atoms with Crippen LogP contribution in [-0.2, 0) is 9.53 Å². The molecule has 0 N–H and O–H groups in total. The summed E-state index contributed by atoms with van der Waals surface area (Å²) >= 11 is 0. The second-order valence-electron chi connectivity index (χ2n) is 4.74. The fraction of sp³-hybridized carbons (Fsp3) is 0.250. The Morgan fingerprint density at radius 3 is 2.90 bits per heavy atom. The number of hydrogen-bond donors (Lipinski definition) is 0. The number of para-hydroxylation sites is 1. The molecule has 0 amide bonds. The van der Waals surface area contributed by atoms with Gasteiger partial charge in [0, 0.05) is 17.4 Å². The number of esters is 1. The number of aromatic nitrogens is 1. The van der Waals surface area contributed by atoms with Crippen LogP contribution in [0.5, 0.6) is 0 Å². The molecule has 0 spiro atoms. The van der Waals surface area contributed by atoms with Crippen LogP contribution in [0.2, 0.25) is 0 Å². The summed E-state index contributed by atoms with van der Waals surface area (Å²) in [4.78, 5) is 23.7. The number of ether oxygens (including phenoxy) is 1. The third kappa shape index (κ3) is 2.03. The molecular weight excluding hydrogens is 254 g/mol. The number of nitrogens with zero attached hydrogens (tertiary/aromatic N) is 1. The van der Waals surface area contributed by atoms with Crippen molar-refractivity contribution in [2.24, 2.45) is 0 Å². The van der Waals surface area contributed by atoms with Gasteiger partial charge in [-0.3, -0.25) is 14.2 Å². The van der Waals surface area contributed by atoms with E-state index in [4.69, 9.17) is 4.74 Å². The van der Waals surface area contributed by atoms with E-state index in [1.807, 2.05) is 36.4 Å². The molecule has 3 rings (SSSR count). The smallest absolute Gasteiger partial charge is 0.306 e. The molecule has 0 bridgehead atoms. The van der Waals surface area contributed by atoms with Gasteiger partial charge in [-0.15, -0.1) is 0 Å². The van der Waals surface area contributed by atoms with Gasteiger partial charge in [-0.05, 0) is 31.6 Å². The lowest BCUT2D eigenvalue weighted by Crippen LogP contribution is -2.11. The Hall–Kier alpha value is -2.36. The second-order valence-corrected chi connectivity index (χ2v) is 4.74. The normalized spacial score (nSPS) is 13.4. The average Bonchev–Trinajstić information content (AvgIpc) is 2.94. The third-order valence-electron chi connectivity index (χ3n) is 3.44. The van der Waals surface area contributed by atoms with Gasteiger partial charge in [0.05, 0.1) is 17.8 Å². The lowest BCUT2D eigenvalue weighted by Gasteiger charge is -2.04. The minimum atomic E-state index is -0.261. The van der Waals surface area contributed by atoms with Crippen molar-refractivity contribution in [3.05, 3.63) is 41.6 Å². The van der Waals surface area contributed by atoms with E-state index >= 15 is 0 Å². The molecule has 1 aliphatic heterocycles. The summed E-state index contributed by atoms with van der Waals surface area (Å²) in [5.74, 6) is -0.298. The van der Waals surface area contributed by atoms with Crippen LogP contribution in [-0.4, -0.2) is 23.1 Å². The van der Waals surface area contributed by atoms with Crippen LogP contribution in [0, 0.1) is 0 Å². The fourth-order valence-electron chi connectivity index (χ4n) is 2.54. The van der Waals surface area contributed by atoms with Crippen molar-refractivity contribution in [3.8, 4) is 0 Å². The van der Waals surface area contributed by atoms with Crippen LogP contribution in [0.3, 0.4) is 0 Å². The standard InChI is InChI=1S/C16H15NO3/c1-2-20-15(18)8-7-12-10-13-9-11-5-3-4-6-14(11)17(13)16(12)19/h3-6,9-10H,2,7-8H2,1H3. The molecule has 0 unspecified atom stereocenters. The van der Waals surface area contributed by atoms with Crippen LogP contribution in [0.4, 0.5) is 0 Å². The van der Waals surface area contributed by atoms with Gasteiger partial charge in [0.25, 0.3) is 5.91 Å². The molecule has 2 aromatic rings. The Morgan fingerprint density at radius 2 is 2.10 bits per heavy atom. The molecule has 0 saturated carbocycles. The Balaban J connectivity index is 1.83. The van der Waals surface area contributed by atoms with Gasteiger partial charge in [-0.1, -0.05) is 18.2 Å². The molecule has 4 nitrogen and oxygen atoms in total. The molecular formula is C16H15NO3. The lowest BCUT2D eigenvalue weighted by atomic mass is 10.1. The maximum atomic E-state index is 12.4. The van der Waals surface area contributed by atoms with Crippen molar-refractivity contribution in [2.75, 3.05) is 6.61 Å². The van der Waals surface area contributed by atoms with Gasteiger partial charge in [0.15, 0.2) is 0 Å². The van der Waals surface area contributed by atoms with Crippen molar-refractivity contribution in [3.63, 3.8) is 0 Å². The Kier molecular flexibility index (Phi) is 3.14. The van der Waals surface area contributed by atoms with Gasteiger partial charge >= 0.3 is 5.97 Å². The highest BCUT2D eigenvalue weighted by Crippen LogP contribution is 2.29. The largest absolute Gasteiger partial charge is 0.466 e. The van der Waals surface area contributed by atoms with Crippen LogP contribution in [0.15, 0.2) is 35.9 Å². The first-order chi connectivity index (χ1) is 9.70. The Morgan fingerprint density at radius 1 is 1.30 bits per heavy atom. The van der Waals surface area contributed by atoms with E-state index in [0.29, 0.717) is 18.6 Å². The maximum absolute atomic E-state index is 12.4. The first kappa shape index (κ1) is 12.7. The van der Waals surface area contributed by atoms with E-state index in [9.17, 15) is 9.59 Å². The van der Waals surface area contributed by atoms with Crippen LogP contribution < -0.4 is 0 Å². The van der Waals surface area contributed by atoms with Crippen LogP contribution in [0.25, 0.3) is 17.0 Å². The summed E-state index contributed by atoms with van der Waals surface area (Å²) in [5, 5.41) is 1.05. The van der Waals surface area contributed by atoms with Crippen molar-refractivity contribution >= 4 is 28.9 Å². The average molecular weight is 269 g/mol. The third-order valence-corrected chi connectivity index (χ3v) is 3.44. The zero-order valence-electron chi connectivity index (χ0n) is 11.3. The van der Waals surface area contributed by atoms with Crippen LogP contribution >= 0.6 is 0 Å². The SMILES string of the molecule is CCOC(=O)CCC1=Cc2cc3ccccc3n2C1=O. The van der Waals surface area contributed by atoms with Crippen LogP contribution in [0.1, 0.15) is 30.3 Å². The minimum absolute atomic E-state index is 0.0366. The number of hydrogen-bond acceptors (Lipinski definition) is 3. The molecule has 0 saturated heterocycles. The van der Waals surface area contributed by atoms with E-state index in [1.54, 1.807) is 11.5 Å². The first-order valence-electron chi connectivity index (χ1n) is 6.72. The molecule has 1 aromatic heterocycles. The number of rotatable bonds is 4. The first-order valence-corrected chi connectivity index (χ1v) is 6.72. The summed E-state index contributed by atoms with van der Waals surface area (Å²) in [6.45, 7) is 2.15. The fourth-order valence-corrected chi connectivity index (χ4v) is 2.54. The molecule has 1 aromatic carbocycles. The molecule has 1 aliphatic rings. The predicted octanol–water partition coefficient (Wildman–Crippen LogP) is 3.02. The number of carbonyl (C=O) groups is 2. The summed E-state index contributed by atoms with van der Waals surface area (Å²) < 4.78 is 6.59. The van der Waals surface area contributed by atoms with Crippen molar-refractivity contribution in [1.82, 2.24) is 4.57 Å². The summed E-state index contributed by atoms with van der Waals surface area (Å²) in [6.07, 6.45) is 2.53. The van der Waals surface area contributed by atoms with E-state index in [-0.39, 0.29) is 18.3 Å². The number of fused-ring (bicyclic) bond motifs is 3. The molecule has 102 valence electrons. The second kappa shape index (κ2) is 4.96. The Bertz CT molecular complexity index is 724. The van der Waals surface area contributed by atoms with Crippen molar-refractivity contribution in [2.45, 2.75) is 19.8 Å². The summed E-state index contributed by atoms with van der Waals surface area (Å²) in [7, 11) is 0. The van der Waals surface area contributed by atoms with Crippen molar-refractivity contribution < 1.29 is 14.3 Å². The van der Waals surface area contributed by atoms with Gasteiger partial charge in [0.2, 0.25) is 0 Å². The lowest BCUT2D eigenvalue weighted by molar-refractivity contribution is -0.143. The summed E-state index contributed by atoms with van der Waals surface area (Å²) in [6, 6.07) is 9.77. The van der Waals surface area contributed by atoms with Gasteiger partial charge in [0.1, 0.15) is 0 Å². The molecule has 0 fully saturated rings. The van der Waals surface area contributed by atoms with E-state index < -0.39 is 0 Å².